The van der Waals surface area contributed by atoms with Gasteiger partial charge < -0.3 is 15.0 Å². The molecule has 0 amide bonds. The number of hydrogen-bond donors (Lipinski definition) is 1. The van der Waals surface area contributed by atoms with Crippen molar-refractivity contribution in [2.24, 2.45) is 0 Å². The van der Waals surface area contributed by atoms with E-state index < -0.39 is 0 Å². The van der Waals surface area contributed by atoms with Gasteiger partial charge in [-0.25, -0.2) is 4.98 Å². The van der Waals surface area contributed by atoms with E-state index >= 15 is 0 Å². The number of hydrogen-bond acceptors (Lipinski definition) is 3. The molecule has 1 aromatic rings. The molecule has 1 atom stereocenters. The van der Waals surface area contributed by atoms with Gasteiger partial charge in [0.2, 0.25) is 0 Å². The largest absolute Gasteiger partial charge is 0.384 e. The Labute approximate surface area is 103 Å². The van der Waals surface area contributed by atoms with E-state index in [4.69, 9.17) is 15.5 Å². The second kappa shape index (κ2) is 5.08. The van der Waals surface area contributed by atoms with E-state index in [1.54, 1.807) is 7.11 Å². The summed E-state index contributed by atoms with van der Waals surface area (Å²) in [4.78, 5) is 4.77. The first-order valence-corrected chi connectivity index (χ1v) is 6.53. The molecule has 2 rings (SSSR count). The minimum atomic E-state index is 0.274. The maximum absolute atomic E-state index is 6.23. The lowest BCUT2D eigenvalue weighted by atomic mass is 10.1. The van der Waals surface area contributed by atoms with Crippen LogP contribution in [-0.4, -0.2) is 23.3 Å². The zero-order chi connectivity index (χ0) is 12.4. The molecule has 0 aliphatic heterocycles. The number of nitrogens with zero attached hydrogens (tertiary/aromatic N) is 2. The first-order valence-electron chi connectivity index (χ1n) is 6.53. The molecule has 0 saturated heterocycles. The van der Waals surface area contributed by atoms with E-state index in [0.717, 1.165) is 24.5 Å². The molecular formula is C13H23N3O. The third-order valence-corrected chi connectivity index (χ3v) is 3.34. The molecule has 1 fully saturated rings. The molecular weight excluding hydrogens is 214 g/mol. The highest BCUT2D eigenvalue weighted by Gasteiger charge is 2.31. The van der Waals surface area contributed by atoms with Crippen molar-refractivity contribution < 1.29 is 4.74 Å². The molecule has 1 aliphatic rings. The molecule has 17 heavy (non-hydrogen) atoms. The molecule has 96 valence electrons. The van der Waals surface area contributed by atoms with Crippen LogP contribution >= 0.6 is 0 Å². The van der Waals surface area contributed by atoms with E-state index in [-0.39, 0.29) is 5.92 Å². The van der Waals surface area contributed by atoms with Gasteiger partial charge in [-0.1, -0.05) is 13.8 Å². The quantitative estimate of drug-likeness (QED) is 0.827. The molecule has 0 aromatic carbocycles. The van der Waals surface area contributed by atoms with Gasteiger partial charge >= 0.3 is 0 Å². The number of nitrogen functional groups attached to an aromatic ring is 1. The van der Waals surface area contributed by atoms with Crippen LogP contribution in [0.1, 0.15) is 56.5 Å². The highest BCUT2D eigenvalue weighted by molar-refractivity contribution is 5.42. The fraction of sp³-hybridized carbons (Fsp3) is 0.769. The third-order valence-electron chi connectivity index (χ3n) is 3.34. The predicted octanol–water partition coefficient (Wildman–Crippen LogP) is 2.50. The van der Waals surface area contributed by atoms with E-state index in [2.05, 4.69) is 18.4 Å². The maximum atomic E-state index is 6.23. The van der Waals surface area contributed by atoms with Gasteiger partial charge in [-0.3, -0.25) is 0 Å². The summed E-state index contributed by atoms with van der Waals surface area (Å²) in [6, 6.07) is 0. The number of rotatable bonds is 6. The van der Waals surface area contributed by atoms with E-state index in [1.807, 2.05) is 0 Å². The van der Waals surface area contributed by atoms with Gasteiger partial charge in [0.25, 0.3) is 0 Å². The average molecular weight is 237 g/mol. The first kappa shape index (κ1) is 12.4. The minimum Gasteiger partial charge on any atom is -0.384 e. The molecule has 0 bridgehead atoms. The summed E-state index contributed by atoms with van der Waals surface area (Å²) in [5.74, 6) is 2.96. The molecule has 1 aliphatic carbocycles. The molecule has 2 N–H and O–H groups in total. The lowest BCUT2D eigenvalue weighted by molar-refractivity contribution is 0.183. The highest BCUT2D eigenvalue weighted by atomic mass is 16.5. The van der Waals surface area contributed by atoms with Gasteiger partial charge in [-0.15, -0.1) is 0 Å². The average Bonchev–Trinajstić information content (AvgIpc) is 3.08. The summed E-state index contributed by atoms with van der Waals surface area (Å²) in [5.41, 5.74) is 7.25. The number of anilines is 1. The Morgan fingerprint density at radius 1 is 1.53 bits per heavy atom. The Balaban J connectivity index is 2.29. The Bertz CT molecular complexity index is 382. The van der Waals surface area contributed by atoms with Gasteiger partial charge in [0.15, 0.2) is 0 Å². The predicted molar refractivity (Wildman–Crippen MR) is 69.2 cm³/mol. The van der Waals surface area contributed by atoms with Gasteiger partial charge in [0.1, 0.15) is 11.6 Å². The Kier molecular flexibility index (Phi) is 3.72. The van der Waals surface area contributed by atoms with Gasteiger partial charge in [-0.05, 0) is 19.3 Å². The summed E-state index contributed by atoms with van der Waals surface area (Å²) in [7, 11) is 1.72. The summed E-state index contributed by atoms with van der Waals surface area (Å²) in [5, 5.41) is 0. The van der Waals surface area contributed by atoms with Crippen LogP contribution in [0.3, 0.4) is 0 Å². The van der Waals surface area contributed by atoms with Crippen molar-refractivity contribution in [3.63, 3.8) is 0 Å². The number of methoxy groups -OCH3 is 1. The number of nitrogens with two attached hydrogens (primary N) is 1. The van der Waals surface area contributed by atoms with Crippen LogP contribution in [0.25, 0.3) is 0 Å². The van der Waals surface area contributed by atoms with Crippen molar-refractivity contribution in [3.8, 4) is 0 Å². The highest BCUT2D eigenvalue weighted by Crippen LogP contribution is 2.41. The molecule has 1 unspecified atom stereocenters. The summed E-state index contributed by atoms with van der Waals surface area (Å²) in [6.07, 6.45) is 3.62. The molecule has 4 heteroatoms. The summed E-state index contributed by atoms with van der Waals surface area (Å²) >= 11 is 0. The fourth-order valence-corrected chi connectivity index (χ4v) is 2.31. The Morgan fingerprint density at radius 3 is 2.76 bits per heavy atom. The monoisotopic (exact) mass is 237 g/mol. The molecule has 1 aromatic heterocycles. The second-order valence-electron chi connectivity index (χ2n) is 5.02. The molecule has 0 radical (unpaired) electrons. The summed E-state index contributed by atoms with van der Waals surface area (Å²) < 4.78 is 7.40. The van der Waals surface area contributed by atoms with Crippen LogP contribution in [-0.2, 0) is 11.3 Å². The third kappa shape index (κ3) is 2.46. The van der Waals surface area contributed by atoms with Crippen LogP contribution in [0.4, 0.5) is 5.82 Å². The zero-order valence-electron chi connectivity index (χ0n) is 11.1. The van der Waals surface area contributed by atoms with Crippen molar-refractivity contribution in [1.82, 2.24) is 9.55 Å². The maximum Gasteiger partial charge on any atom is 0.127 e. The van der Waals surface area contributed by atoms with Gasteiger partial charge in [0, 0.05) is 25.5 Å². The number of imidazole rings is 1. The van der Waals surface area contributed by atoms with E-state index in [0.29, 0.717) is 12.5 Å². The van der Waals surface area contributed by atoms with Crippen LogP contribution in [0.5, 0.6) is 0 Å². The van der Waals surface area contributed by atoms with Crippen molar-refractivity contribution >= 4 is 5.82 Å². The van der Waals surface area contributed by atoms with Crippen molar-refractivity contribution in [3.05, 3.63) is 11.5 Å². The minimum absolute atomic E-state index is 0.274. The summed E-state index contributed by atoms with van der Waals surface area (Å²) in [6.45, 7) is 5.95. The zero-order valence-corrected chi connectivity index (χ0v) is 11.1. The Hall–Kier alpha value is -1.03. The first-order chi connectivity index (χ1) is 8.19. The van der Waals surface area contributed by atoms with Crippen LogP contribution in [0.2, 0.25) is 0 Å². The van der Waals surface area contributed by atoms with Gasteiger partial charge in [-0.2, -0.15) is 0 Å². The molecule has 4 nitrogen and oxygen atoms in total. The van der Waals surface area contributed by atoms with E-state index in [9.17, 15) is 0 Å². The van der Waals surface area contributed by atoms with Crippen molar-refractivity contribution in [2.45, 2.75) is 51.5 Å². The fourth-order valence-electron chi connectivity index (χ4n) is 2.31. The van der Waals surface area contributed by atoms with E-state index in [1.165, 1.54) is 18.7 Å². The number of aromatic nitrogens is 2. The molecule has 0 spiro atoms. The van der Waals surface area contributed by atoms with Crippen molar-refractivity contribution in [2.75, 3.05) is 19.5 Å². The SMILES string of the molecule is CCCn1c(C2CC2)nc(C(C)COC)c1N. The molecule has 1 saturated carbocycles. The van der Waals surface area contributed by atoms with Gasteiger partial charge in [0.05, 0.1) is 12.3 Å². The lowest BCUT2D eigenvalue weighted by Crippen LogP contribution is -2.08. The van der Waals surface area contributed by atoms with Crippen LogP contribution < -0.4 is 5.73 Å². The normalized spacial score (nSPS) is 17.4. The lowest BCUT2D eigenvalue weighted by Gasteiger charge is -2.10. The van der Waals surface area contributed by atoms with Crippen LogP contribution in [0, 0.1) is 0 Å². The molecule has 1 heterocycles. The standard InChI is InChI=1S/C13H23N3O/c1-4-7-16-12(14)11(9(2)8-17-3)15-13(16)10-5-6-10/h9-10H,4-8,14H2,1-3H3. The van der Waals surface area contributed by atoms with Crippen molar-refractivity contribution in [1.29, 1.82) is 0 Å². The second-order valence-corrected chi connectivity index (χ2v) is 5.02. The Morgan fingerprint density at radius 2 is 2.24 bits per heavy atom. The number of ether oxygens (including phenoxy) is 1. The van der Waals surface area contributed by atoms with Crippen LogP contribution in [0.15, 0.2) is 0 Å². The topological polar surface area (TPSA) is 53.1 Å². The smallest absolute Gasteiger partial charge is 0.127 e.